The fourth-order valence-electron chi connectivity index (χ4n) is 2.25. The second-order valence-corrected chi connectivity index (χ2v) is 11.5. The molecule has 0 N–H and O–H groups in total. The van der Waals surface area contributed by atoms with Gasteiger partial charge in [-0.25, -0.2) is 0 Å². The van der Waals surface area contributed by atoms with Crippen LogP contribution in [0.5, 0.6) is 0 Å². The summed E-state index contributed by atoms with van der Waals surface area (Å²) in [5.74, 6) is 0.657. The highest BCUT2D eigenvalue weighted by atomic mass is 28.3. The molecule has 0 saturated carbocycles. The molecule has 0 aliphatic heterocycles. The van der Waals surface area contributed by atoms with Gasteiger partial charge >= 0.3 is 0 Å². The molecule has 1 aromatic carbocycles. The van der Waals surface area contributed by atoms with Crippen LogP contribution in [0.2, 0.25) is 25.2 Å². The monoisotopic (exact) mass is 246 g/mol. The largest absolute Gasteiger partial charge is 0.0917 e. The summed E-state index contributed by atoms with van der Waals surface area (Å²) in [6, 6.07) is 10.9. The molecule has 0 spiro atoms. The van der Waals surface area contributed by atoms with Crippen LogP contribution in [-0.2, 0) is 0 Å². The van der Waals surface area contributed by atoms with Gasteiger partial charge in [0.25, 0.3) is 0 Å². The van der Waals surface area contributed by atoms with E-state index in [2.05, 4.69) is 76.0 Å². The van der Waals surface area contributed by atoms with Gasteiger partial charge in [0.15, 0.2) is 0 Å². The standard InChI is InChI=1S/C16H26Si/c1-6-10-16(17(3,4)5)13-14(2)15-11-8-7-9-12-15/h6-12,14,16H,13H2,1-5H3/b10-6+. The molecule has 0 fully saturated rings. The topological polar surface area (TPSA) is 0 Å². The van der Waals surface area contributed by atoms with Crippen molar-refractivity contribution in [3.8, 4) is 0 Å². The second kappa shape index (κ2) is 6.20. The highest BCUT2D eigenvalue weighted by Gasteiger charge is 2.26. The van der Waals surface area contributed by atoms with Crippen molar-refractivity contribution in [2.24, 2.45) is 0 Å². The third-order valence-corrected chi connectivity index (χ3v) is 6.17. The summed E-state index contributed by atoms with van der Waals surface area (Å²) in [4.78, 5) is 0. The van der Waals surface area contributed by atoms with Crippen LogP contribution in [0.1, 0.15) is 31.7 Å². The summed E-state index contributed by atoms with van der Waals surface area (Å²) in [5.41, 5.74) is 2.25. The van der Waals surface area contributed by atoms with Gasteiger partial charge < -0.3 is 0 Å². The highest BCUT2D eigenvalue weighted by Crippen LogP contribution is 2.34. The highest BCUT2D eigenvalue weighted by molar-refractivity contribution is 6.78. The van der Waals surface area contributed by atoms with E-state index in [1.165, 1.54) is 12.0 Å². The summed E-state index contributed by atoms with van der Waals surface area (Å²) in [7, 11) is -1.09. The molecule has 0 saturated heterocycles. The lowest BCUT2D eigenvalue weighted by atomic mass is 9.96. The molecule has 0 bridgehead atoms. The van der Waals surface area contributed by atoms with E-state index in [4.69, 9.17) is 0 Å². The molecular formula is C16H26Si. The molecule has 0 aliphatic rings. The van der Waals surface area contributed by atoms with E-state index < -0.39 is 8.07 Å². The number of hydrogen-bond acceptors (Lipinski definition) is 0. The van der Waals surface area contributed by atoms with Crippen molar-refractivity contribution in [1.82, 2.24) is 0 Å². The zero-order chi connectivity index (χ0) is 12.9. The first-order valence-corrected chi connectivity index (χ1v) is 10.2. The number of allylic oxidation sites excluding steroid dienone is 2. The molecule has 17 heavy (non-hydrogen) atoms. The molecule has 1 aromatic rings. The van der Waals surface area contributed by atoms with Crippen LogP contribution in [0, 0.1) is 0 Å². The third-order valence-electron chi connectivity index (χ3n) is 3.51. The maximum Gasteiger partial charge on any atom is 0.0513 e. The first kappa shape index (κ1) is 14.2. The van der Waals surface area contributed by atoms with Gasteiger partial charge in [-0.15, -0.1) is 0 Å². The summed E-state index contributed by atoms with van der Waals surface area (Å²) < 4.78 is 0. The quantitative estimate of drug-likeness (QED) is 0.478. The molecule has 94 valence electrons. The fourth-order valence-corrected chi connectivity index (χ4v) is 4.08. The second-order valence-electron chi connectivity index (χ2n) is 6.05. The molecule has 1 rings (SSSR count). The van der Waals surface area contributed by atoms with Crippen molar-refractivity contribution in [3.63, 3.8) is 0 Å². The van der Waals surface area contributed by atoms with Crippen molar-refractivity contribution < 1.29 is 0 Å². The lowest BCUT2D eigenvalue weighted by molar-refractivity contribution is 0.677. The van der Waals surface area contributed by atoms with Crippen LogP contribution in [0.25, 0.3) is 0 Å². The molecule has 2 atom stereocenters. The number of rotatable bonds is 5. The van der Waals surface area contributed by atoms with Crippen molar-refractivity contribution in [3.05, 3.63) is 48.0 Å². The molecule has 0 heterocycles. The summed E-state index contributed by atoms with van der Waals surface area (Å²) >= 11 is 0. The molecule has 0 aromatic heterocycles. The van der Waals surface area contributed by atoms with Gasteiger partial charge in [0.05, 0.1) is 8.07 Å². The lowest BCUT2D eigenvalue weighted by Gasteiger charge is -2.29. The summed E-state index contributed by atoms with van der Waals surface area (Å²) in [6.45, 7) is 11.9. The van der Waals surface area contributed by atoms with Gasteiger partial charge in [-0.05, 0) is 30.4 Å². The van der Waals surface area contributed by atoms with Gasteiger partial charge in [-0.2, -0.15) is 0 Å². The van der Waals surface area contributed by atoms with E-state index in [0.29, 0.717) is 5.92 Å². The van der Waals surface area contributed by atoms with Crippen LogP contribution in [0.4, 0.5) is 0 Å². The molecule has 0 amide bonds. The SMILES string of the molecule is C/C=C/C(CC(C)c1ccccc1)[Si](C)(C)C. The van der Waals surface area contributed by atoms with Gasteiger partial charge in [-0.1, -0.05) is 69.0 Å². The van der Waals surface area contributed by atoms with Crippen LogP contribution in [0.3, 0.4) is 0 Å². The van der Waals surface area contributed by atoms with Crippen molar-refractivity contribution in [2.45, 2.75) is 51.4 Å². The molecule has 1 heteroatoms. The zero-order valence-electron chi connectivity index (χ0n) is 11.9. The van der Waals surface area contributed by atoms with E-state index in [1.807, 2.05) is 0 Å². The Balaban J connectivity index is 2.75. The van der Waals surface area contributed by atoms with Crippen molar-refractivity contribution >= 4 is 8.07 Å². The zero-order valence-corrected chi connectivity index (χ0v) is 12.9. The number of benzene rings is 1. The Labute approximate surface area is 108 Å². The normalized spacial score (nSPS) is 16.1. The Hall–Kier alpha value is -0.823. The minimum absolute atomic E-state index is 0.657. The Kier molecular flexibility index (Phi) is 5.19. The van der Waals surface area contributed by atoms with Crippen molar-refractivity contribution in [2.75, 3.05) is 0 Å². The Morgan fingerprint density at radius 2 is 1.71 bits per heavy atom. The molecular weight excluding hydrogens is 220 g/mol. The summed E-state index contributed by atoms with van der Waals surface area (Å²) in [5, 5.41) is 0. The molecule has 0 aliphatic carbocycles. The molecule has 0 nitrogen and oxygen atoms in total. The Morgan fingerprint density at radius 3 is 2.18 bits per heavy atom. The first-order valence-electron chi connectivity index (χ1n) is 6.63. The van der Waals surface area contributed by atoms with E-state index in [9.17, 15) is 0 Å². The number of hydrogen-bond donors (Lipinski definition) is 0. The predicted molar refractivity (Wildman–Crippen MR) is 81.4 cm³/mol. The van der Waals surface area contributed by atoms with Gasteiger partial charge in [0.2, 0.25) is 0 Å². The lowest BCUT2D eigenvalue weighted by Crippen LogP contribution is -2.27. The summed E-state index contributed by atoms with van der Waals surface area (Å²) in [6.07, 6.45) is 5.93. The van der Waals surface area contributed by atoms with E-state index in [0.717, 1.165) is 5.54 Å². The van der Waals surface area contributed by atoms with Gasteiger partial charge in [0.1, 0.15) is 0 Å². The van der Waals surface area contributed by atoms with E-state index >= 15 is 0 Å². The minimum atomic E-state index is -1.09. The smallest absolute Gasteiger partial charge is 0.0513 e. The van der Waals surface area contributed by atoms with E-state index in [1.54, 1.807) is 0 Å². The van der Waals surface area contributed by atoms with Crippen LogP contribution in [-0.4, -0.2) is 8.07 Å². The van der Waals surface area contributed by atoms with Crippen LogP contribution < -0.4 is 0 Å². The van der Waals surface area contributed by atoms with Crippen LogP contribution >= 0.6 is 0 Å². The molecule has 0 radical (unpaired) electrons. The van der Waals surface area contributed by atoms with Crippen LogP contribution in [0.15, 0.2) is 42.5 Å². The fraction of sp³-hybridized carbons (Fsp3) is 0.500. The Morgan fingerprint density at radius 1 is 1.12 bits per heavy atom. The minimum Gasteiger partial charge on any atom is -0.0917 e. The maximum atomic E-state index is 2.47. The molecule has 2 unspecified atom stereocenters. The predicted octanol–water partition coefficient (Wildman–Crippen LogP) is 5.46. The first-order chi connectivity index (χ1) is 7.95. The van der Waals surface area contributed by atoms with E-state index in [-0.39, 0.29) is 0 Å². The van der Waals surface area contributed by atoms with Crippen molar-refractivity contribution in [1.29, 1.82) is 0 Å². The average molecular weight is 246 g/mol. The third kappa shape index (κ3) is 4.51. The average Bonchev–Trinajstić information content (AvgIpc) is 2.28. The van der Waals surface area contributed by atoms with Gasteiger partial charge in [-0.3, -0.25) is 0 Å². The maximum absolute atomic E-state index is 2.47. The Bertz CT molecular complexity index is 346. The van der Waals surface area contributed by atoms with Gasteiger partial charge in [0, 0.05) is 0 Å².